The van der Waals surface area contributed by atoms with Crippen molar-refractivity contribution in [3.8, 4) is 17.0 Å². The van der Waals surface area contributed by atoms with Crippen molar-refractivity contribution >= 4 is 23.3 Å². The molecular formula is C23H23ClN4O2. The van der Waals surface area contributed by atoms with E-state index in [1.807, 2.05) is 65.6 Å². The molecule has 4 rings (SSSR count). The first-order chi connectivity index (χ1) is 14.6. The summed E-state index contributed by atoms with van der Waals surface area (Å²) in [5, 5.41) is 9.43. The number of carbonyl (C=O) groups is 1. The minimum Gasteiger partial charge on any atom is -0.497 e. The molecular weight excluding hydrogens is 400 g/mol. The number of rotatable bonds is 5. The number of halogens is 1. The average molecular weight is 423 g/mol. The normalized spacial score (nSPS) is 13.9. The molecule has 0 bridgehead atoms. The van der Waals surface area contributed by atoms with Crippen LogP contribution in [0.25, 0.3) is 11.3 Å². The zero-order chi connectivity index (χ0) is 20.9. The van der Waals surface area contributed by atoms with E-state index in [0.29, 0.717) is 24.5 Å². The highest BCUT2D eigenvalue weighted by molar-refractivity contribution is 6.30. The molecule has 0 unspecified atom stereocenters. The van der Waals surface area contributed by atoms with Gasteiger partial charge in [0.25, 0.3) is 0 Å². The molecule has 154 valence electrons. The van der Waals surface area contributed by atoms with Crippen LogP contribution in [0.1, 0.15) is 5.56 Å². The number of hydrogen-bond donors (Lipinski definition) is 0. The molecule has 0 spiro atoms. The molecule has 30 heavy (non-hydrogen) atoms. The van der Waals surface area contributed by atoms with Gasteiger partial charge in [0.05, 0.1) is 19.2 Å². The van der Waals surface area contributed by atoms with Crippen molar-refractivity contribution in [2.75, 3.05) is 38.2 Å². The molecule has 1 aliphatic rings. The molecule has 0 aliphatic carbocycles. The van der Waals surface area contributed by atoms with Crippen LogP contribution in [0.4, 0.5) is 5.82 Å². The monoisotopic (exact) mass is 422 g/mol. The van der Waals surface area contributed by atoms with Crippen molar-refractivity contribution in [2.45, 2.75) is 6.42 Å². The summed E-state index contributed by atoms with van der Waals surface area (Å²) >= 11 is 5.94. The Kier molecular flexibility index (Phi) is 6.14. The third-order valence-electron chi connectivity index (χ3n) is 5.26. The van der Waals surface area contributed by atoms with Crippen molar-refractivity contribution in [1.82, 2.24) is 15.1 Å². The molecule has 0 atom stereocenters. The number of ether oxygens (including phenoxy) is 1. The fraction of sp³-hybridized carbons (Fsp3) is 0.261. The predicted octanol–water partition coefficient (Wildman–Crippen LogP) is 3.70. The first-order valence-electron chi connectivity index (χ1n) is 9.88. The van der Waals surface area contributed by atoms with Crippen LogP contribution in [0.2, 0.25) is 5.02 Å². The van der Waals surface area contributed by atoms with Crippen LogP contribution in [-0.4, -0.2) is 54.3 Å². The van der Waals surface area contributed by atoms with Gasteiger partial charge in [-0.15, -0.1) is 10.2 Å². The fourth-order valence-electron chi connectivity index (χ4n) is 3.48. The molecule has 0 radical (unpaired) electrons. The summed E-state index contributed by atoms with van der Waals surface area (Å²) in [7, 11) is 1.63. The van der Waals surface area contributed by atoms with Crippen molar-refractivity contribution in [2.24, 2.45) is 0 Å². The minimum absolute atomic E-state index is 0.143. The molecule has 1 saturated heterocycles. The van der Waals surface area contributed by atoms with Gasteiger partial charge in [0.15, 0.2) is 5.82 Å². The van der Waals surface area contributed by atoms with E-state index in [2.05, 4.69) is 15.1 Å². The maximum Gasteiger partial charge on any atom is 0.227 e. The van der Waals surface area contributed by atoms with E-state index in [-0.39, 0.29) is 5.91 Å². The third kappa shape index (κ3) is 4.71. The van der Waals surface area contributed by atoms with Crippen molar-refractivity contribution < 1.29 is 9.53 Å². The lowest BCUT2D eigenvalue weighted by molar-refractivity contribution is -0.130. The number of benzene rings is 2. The second-order valence-electron chi connectivity index (χ2n) is 7.18. The third-order valence-corrected chi connectivity index (χ3v) is 5.51. The van der Waals surface area contributed by atoms with Gasteiger partial charge >= 0.3 is 0 Å². The number of methoxy groups -OCH3 is 1. The van der Waals surface area contributed by atoms with Gasteiger partial charge in [0.1, 0.15) is 5.75 Å². The quantitative estimate of drug-likeness (QED) is 0.627. The molecule has 6 nitrogen and oxygen atoms in total. The van der Waals surface area contributed by atoms with E-state index in [1.54, 1.807) is 7.11 Å². The Morgan fingerprint density at radius 1 is 0.933 bits per heavy atom. The number of nitrogens with zero attached hydrogens (tertiary/aromatic N) is 4. The highest BCUT2D eigenvalue weighted by Crippen LogP contribution is 2.21. The second-order valence-corrected chi connectivity index (χ2v) is 7.61. The van der Waals surface area contributed by atoms with Crippen LogP contribution in [0.15, 0.2) is 60.7 Å². The first-order valence-corrected chi connectivity index (χ1v) is 10.3. The van der Waals surface area contributed by atoms with Gasteiger partial charge in [-0.05, 0) is 42.0 Å². The first kappa shape index (κ1) is 20.2. The second kappa shape index (κ2) is 9.13. The zero-order valence-electron chi connectivity index (χ0n) is 16.8. The molecule has 0 saturated carbocycles. The summed E-state index contributed by atoms with van der Waals surface area (Å²) in [4.78, 5) is 16.7. The van der Waals surface area contributed by atoms with Crippen LogP contribution >= 0.6 is 11.6 Å². The largest absolute Gasteiger partial charge is 0.497 e. The molecule has 1 aromatic heterocycles. The number of hydrogen-bond acceptors (Lipinski definition) is 5. The molecule has 2 heterocycles. The number of amides is 1. The zero-order valence-corrected chi connectivity index (χ0v) is 17.5. The summed E-state index contributed by atoms with van der Waals surface area (Å²) in [5.41, 5.74) is 2.78. The van der Waals surface area contributed by atoms with E-state index in [4.69, 9.17) is 16.3 Å². The summed E-state index contributed by atoms with van der Waals surface area (Å²) < 4.78 is 5.16. The fourth-order valence-corrected chi connectivity index (χ4v) is 3.61. The standard InChI is InChI=1S/C23H23ClN4O2/c1-30-20-8-2-17(3-9-20)16-23(29)28-14-12-27(13-15-28)22-11-10-21(25-26-22)18-4-6-19(24)7-5-18/h2-11H,12-16H2,1H3. The van der Waals surface area contributed by atoms with E-state index < -0.39 is 0 Å². The smallest absolute Gasteiger partial charge is 0.227 e. The Balaban J connectivity index is 1.32. The number of carbonyl (C=O) groups excluding carboxylic acids is 1. The van der Waals surface area contributed by atoms with Gasteiger partial charge < -0.3 is 14.5 Å². The van der Waals surface area contributed by atoms with E-state index in [0.717, 1.165) is 41.5 Å². The van der Waals surface area contributed by atoms with Gasteiger partial charge in [-0.3, -0.25) is 4.79 Å². The predicted molar refractivity (Wildman–Crippen MR) is 118 cm³/mol. The lowest BCUT2D eigenvalue weighted by Gasteiger charge is -2.35. The molecule has 1 amide bonds. The lowest BCUT2D eigenvalue weighted by Crippen LogP contribution is -2.49. The molecule has 3 aromatic rings. The van der Waals surface area contributed by atoms with Crippen molar-refractivity contribution in [3.05, 3.63) is 71.2 Å². The number of piperazine rings is 1. The SMILES string of the molecule is COc1ccc(CC(=O)N2CCN(c3ccc(-c4ccc(Cl)cc4)nn3)CC2)cc1. The Hall–Kier alpha value is -3.12. The van der Waals surface area contributed by atoms with E-state index >= 15 is 0 Å². The average Bonchev–Trinajstić information content (AvgIpc) is 2.80. The Labute approximate surface area is 181 Å². The van der Waals surface area contributed by atoms with Crippen LogP contribution in [-0.2, 0) is 11.2 Å². The number of anilines is 1. The van der Waals surface area contributed by atoms with E-state index in [1.165, 1.54) is 0 Å². The minimum atomic E-state index is 0.143. The maximum absolute atomic E-state index is 12.6. The summed E-state index contributed by atoms with van der Waals surface area (Å²) in [5.74, 6) is 1.77. The van der Waals surface area contributed by atoms with Gasteiger partial charge in [-0.1, -0.05) is 35.9 Å². The Morgan fingerprint density at radius 3 is 2.23 bits per heavy atom. The van der Waals surface area contributed by atoms with Gasteiger partial charge in [0.2, 0.25) is 5.91 Å². The summed E-state index contributed by atoms with van der Waals surface area (Å²) in [6.07, 6.45) is 0.402. The molecule has 2 aromatic carbocycles. The van der Waals surface area contributed by atoms with Crippen LogP contribution < -0.4 is 9.64 Å². The highest BCUT2D eigenvalue weighted by atomic mass is 35.5. The number of aromatic nitrogens is 2. The van der Waals surface area contributed by atoms with Crippen LogP contribution in [0.5, 0.6) is 5.75 Å². The van der Waals surface area contributed by atoms with Crippen molar-refractivity contribution in [1.29, 1.82) is 0 Å². The molecule has 1 fully saturated rings. The summed E-state index contributed by atoms with van der Waals surface area (Å²) in [6, 6.07) is 19.1. The van der Waals surface area contributed by atoms with Crippen molar-refractivity contribution in [3.63, 3.8) is 0 Å². The molecule has 7 heteroatoms. The Morgan fingerprint density at radius 2 is 1.63 bits per heavy atom. The Bertz CT molecular complexity index is 983. The van der Waals surface area contributed by atoms with E-state index in [9.17, 15) is 4.79 Å². The van der Waals surface area contributed by atoms with Gasteiger partial charge in [-0.2, -0.15) is 0 Å². The maximum atomic E-state index is 12.6. The molecule has 0 N–H and O–H groups in total. The van der Waals surface area contributed by atoms with Crippen LogP contribution in [0, 0.1) is 0 Å². The molecule has 1 aliphatic heterocycles. The van der Waals surface area contributed by atoms with Crippen LogP contribution in [0.3, 0.4) is 0 Å². The van der Waals surface area contributed by atoms with Gasteiger partial charge in [-0.25, -0.2) is 0 Å². The highest BCUT2D eigenvalue weighted by Gasteiger charge is 2.22. The summed E-state index contributed by atoms with van der Waals surface area (Å²) in [6.45, 7) is 2.83. The topological polar surface area (TPSA) is 58.6 Å². The van der Waals surface area contributed by atoms with Gasteiger partial charge in [0, 0.05) is 36.8 Å². The lowest BCUT2D eigenvalue weighted by atomic mass is 10.1.